The summed E-state index contributed by atoms with van der Waals surface area (Å²) in [6.45, 7) is 9.77. The highest BCUT2D eigenvalue weighted by Crippen LogP contribution is 2.21. The van der Waals surface area contributed by atoms with Crippen molar-refractivity contribution in [3.63, 3.8) is 0 Å². The molecular formula is C16H27ClN2O3S. The van der Waals surface area contributed by atoms with Crippen LogP contribution in [0.4, 0.5) is 0 Å². The second-order valence-electron chi connectivity index (χ2n) is 6.47. The Morgan fingerprint density at radius 3 is 2.17 bits per heavy atom. The van der Waals surface area contributed by atoms with E-state index in [0.717, 1.165) is 0 Å². The molecular weight excluding hydrogens is 336 g/mol. The van der Waals surface area contributed by atoms with Gasteiger partial charge in [0.25, 0.3) is 0 Å². The molecule has 0 radical (unpaired) electrons. The van der Waals surface area contributed by atoms with Crippen LogP contribution in [0.15, 0.2) is 29.2 Å². The monoisotopic (exact) mass is 362 g/mol. The van der Waals surface area contributed by atoms with Gasteiger partial charge >= 0.3 is 0 Å². The largest absolute Gasteiger partial charge is 0.493 e. The number of halogens is 1. The van der Waals surface area contributed by atoms with Gasteiger partial charge in [0.05, 0.1) is 11.5 Å². The molecule has 1 aliphatic rings. The summed E-state index contributed by atoms with van der Waals surface area (Å²) in [5.41, 5.74) is 0. The second kappa shape index (κ2) is 8.33. The van der Waals surface area contributed by atoms with Gasteiger partial charge in [-0.1, -0.05) is 13.8 Å². The molecule has 1 aromatic rings. The molecule has 2 unspecified atom stereocenters. The van der Waals surface area contributed by atoms with Gasteiger partial charge in [-0.05, 0) is 44.0 Å². The second-order valence-corrected chi connectivity index (χ2v) is 8.40. The highest BCUT2D eigenvalue weighted by molar-refractivity contribution is 7.89. The van der Waals surface area contributed by atoms with E-state index in [4.69, 9.17) is 4.74 Å². The van der Waals surface area contributed by atoms with Crippen LogP contribution in [-0.2, 0) is 10.0 Å². The number of hydrogen-bond acceptors (Lipinski definition) is 4. The summed E-state index contributed by atoms with van der Waals surface area (Å²) in [6, 6.07) is 7.03. The minimum absolute atomic E-state index is 0. The Labute approximate surface area is 145 Å². The van der Waals surface area contributed by atoms with Crippen LogP contribution < -0.4 is 10.1 Å². The molecule has 0 aromatic heterocycles. The fraction of sp³-hybridized carbons (Fsp3) is 0.625. The molecule has 1 aliphatic heterocycles. The molecule has 1 N–H and O–H groups in total. The third kappa shape index (κ3) is 5.35. The average Bonchev–Trinajstić information content (AvgIpc) is 2.44. The first-order valence-electron chi connectivity index (χ1n) is 7.78. The Balaban J connectivity index is 0.00000264. The van der Waals surface area contributed by atoms with Gasteiger partial charge in [-0.15, -0.1) is 12.4 Å². The maximum atomic E-state index is 12.7. The van der Waals surface area contributed by atoms with E-state index in [0.29, 0.717) is 36.3 Å². The lowest BCUT2D eigenvalue weighted by atomic mass is 10.2. The molecule has 1 fully saturated rings. The van der Waals surface area contributed by atoms with E-state index >= 15 is 0 Å². The number of ether oxygens (including phenoxy) is 1. The molecule has 2 rings (SSSR count). The minimum atomic E-state index is -3.44. The van der Waals surface area contributed by atoms with Crippen LogP contribution in [0.3, 0.4) is 0 Å². The zero-order chi connectivity index (χ0) is 16.3. The number of nitrogens with zero attached hydrogens (tertiary/aromatic N) is 1. The summed E-state index contributed by atoms with van der Waals surface area (Å²) in [5, 5.41) is 3.34. The molecule has 0 aliphatic carbocycles. The van der Waals surface area contributed by atoms with Crippen molar-refractivity contribution >= 4 is 22.4 Å². The lowest BCUT2D eigenvalue weighted by molar-refractivity contribution is 0.262. The summed E-state index contributed by atoms with van der Waals surface area (Å²) in [7, 11) is -3.44. The van der Waals surface area contributed by atoms with Crippen molar-refractivity contribution in [2.75, 3.05) is 19.7 Å². The van der Waals surface area contributed by atoms with Crippen molar-refractivity contribution in [2.24, 2.45) is 5.92 Å². The van der Waals surface area contributed by atoms with Gasteiger partial charge < -0.3 is 10.1 Å². The van der Waals surface area contributed by atoms with E-state index in [2.05, 4.69) is 19.2 Å². The van der Waals surface area contributed by atoms with Gasteiger partial charge in [0.2, 0.25) is 10.0 Å². The third-order valence-corrected chi connectivity index (χ3v) is 5.41. The number of benzene rings is 1. The van der Waals surface area contributed by atoms with Crippen molar-refractivity contribution < 1.29 is 13.2 Å². The minimum Gasteiger partial charge on any atom is -0.493 e. The number of sulfonamides is 1. The van der Waals surface area contributed by atoms with Gasteiger partial charge in [0.15, 0.2) is 0 Å². The predicted molar refractivity (Wildman–Crippen MR) is 94.8 cm³/mol. The molecule has 23 heavy (non-hydrogen) atoms. The van der Waals surface area contributed by atoms with Crippen LogP contribution in [0, 0.1) is 5.92 Å². The quantitative estimate of drug-likeness (QED) is 0.874. The summed E-state index contributed by atoms with van der Waals surface area (Å²) < 4.78 is 32.6. The Morgan fingerprint density at radius 2 is 1.70 bits per heavy atom. The van der Waals surface area contributed by atoms with Crippen LogP contribution in [-0.4, -0.2) is 44.5 Å². The standard InChI is InChI=1S/C16H26N2O3S.ClH/c1-12(2)11-21-15-5-7-16(8-6-15)22(19,20)18-9-13(3)17-14(4)10-18;/h5-8,12-14,17H,9-11H2,1-4H3;1H. The predicted octanol–water partition coefficient (Wildman–Crippen LogP) is 2.51. The summed E-state index contributed by atoms with van der Waals surface area (Å²) >= 11 is 0. The van der Waals surface area contributed by atoms with Crippen molar-refractivity contribution in [3.05, 3.63) is 24.3 Å². The maximum Gasteiger partial charge on any atom is 0.243 e. The maximum absolute atomic E-state index is 12.7. The highest BCUT2D eigenvalue weighted by atomic mass is 35.5. The van der Waals surface area contributed by atoms with Crippen LogP contribution in [0.2, 0.25) is 0 Å². The molecule has 132 valence electrons. The Hall–Kier alpha value is -0.820. The van der Waals surface area contributed by atoms with Crippen LogP contribution in [0.5, 0.6) is 5.75 Å². The molecule has 0 saturated carbocycles. The SMILES string of the molecule is CC(C)COc1ccc(S(=O)(=O)N2CC(C)NC(C)C2)cc1.Cl. The number of piperazine rings is 1. The van der Waals surface area contributed by atoms with E-state index in [-0.39, 0.29) is 24.5 Å². The molecule has 1 saturated heterocycles. The topological polar surface area (TPSA) is 58.6 Å². The molecule has 1 aromatic carbocycles. The molecule has 2 atom stereocenters. The number of nitrogens with one attached hydrogen (secondary N) is 1. The first-order chi connectivity index (χ1) is 10.3. The van der Waals surface area contributed by atoms with E-state index in [1.807, 2.05) is 13.8 Å². The Bertz CT molecular complexity index is 580. The van der Waals surface area contributed by atoms with Gasteiger partial charge in [-0.3, -0.25) is 0 Å². The molecule has 0 spiro atoms. The normalized spacial score (nSPS) is 22.7. The molecule has 0 amide bonds. The van der Waals surface area contributed by atoms with Gasteiger partial charge in [0, 0.05) is 25.2 Å². The Kier molecular flexibility index (Phi) is 7.32. The van der Waals surface area contributed by atoms with Crippen LogP contribution >= 0.6 is 12.4 Å². The smallest absolute Gasteiger partial charge is 0.243 e. The number of rotatable bonds is 5. The fourth-order valence-corrected chi connectivity index (χ4v) is 4.21. The average molecular weight is 363 g/mol. The molecule has 0 bridgehead atoms. The summed E-state index contributed by atoms with van der Waals surface area (Å²) in [5.74, 6) is 1.14. The van der Waals surface area contributed by atoms with E-state index in [1.54, 1.807) is 28.6 Å². The van der Waals surface area contributed by atoms with Crippen molar-refractivity contribution in [1.82, 2.24) is 9.62 Å². The van der Waals surface area contributed by atoms with Gasteiger partial charge in [-0.2, -0.15) is 4.31 Å². The first kappa shape index (κ1) is 20.2. The van der Waals surface area contributed by atoms with Crippen molar-refractivity contribution in [3.8, 4) is 5.75 Å². The molecule has 7 heteroatoms. The van der Waals surface area contributed by atoms with E-state index in [1.165, 1.54) is 0 Å². The fourth-order valence-electron chi connectivity index (χ4n) is 2.59. The molecule has 1 heterocycles. The third-order valence-electron chi connectivity index (χ3n) is 3.57. The van der Waals surface area contributed by atoms with Crippen LogP contribution in [0.25, 0.3) is 0 Å². The van der Waals surface area contributed by atoms with Crippen LogP contribution in [0.1, 0.15) is 27.7 Å². The van der Waals surface area contributed by atoms with Crippen molar-refractivity contribution in [2.45, 2.75) is 44.7 Å². The lowest BCUT2D eigenvalue weighted by Crippen LogP contribution is -2.55. The highest BCUT2D eigenvalue weighted by Gasteiger charge is 2.31. The summed E-state index contributed by atoms with van der Waals surface area (Å²) in [4.78, 5) is 0.325. The first-order valence-corrected chi connectivity index (χ1v) is 9.22. The van der Waals surface area contributed by atoms with E-state index < -0.39 is 10.0 Å². The zero-order valence-corrected chi connectivity index (χ0v) is 15.8. The van der Waals surface area contributed by atoms with Gasteiger partial charge in [0.1, 0.15) is 5.75 Å². The van der Waals surface area contributed by atoms with E-state index in [9.17, 15) is 8.42 Å². The zero-order valence-electron chi connectivity index (χ0n) is 14.2. The summed E-state index contributed by atoms with van der Waals surface area (Å²) in [6.07, 6.45) is 0. The van der Waals surface area contributed by atoms with Gasteiger partial charge in [-0.25, -0.2) is 8.42 Å². The Morgan fingerprint density at radius 1 is 1.17 bits per heavy atom. The number of hydrogen-bond donors (Lipinski definition) is 1. The molecule has 5 nitrogen and oxygen atoms in total. The van der Waals surface area contributed by atoms with Crippen molar-refractivity contribution in [1.29, 1.82) is 0 Å². The lowest BCUT2D eigenvalue weighted by Gasteiger charge is -2.35.